The number of H-pyrrole nitrogens is 2. The van der Waals surface area contributed by atoms with E-state index >= 15 is 0 Å². The van der Waals surface area contributed by atoms with E-state index in [9.17, 15) is 4.79 Å². The molecule has 1 aromatic carbocycles. The summed E-state index contributed by atoms with van der Waals surface area (Å²) in [7, 11) is 0. The summed E-state index contributed by atoms with van der Waals surface area (Å²) in [5.41, 5.74) is 4.91. The maximum absolute atomic E-state index is 12.9. The van der Waals surface area contributed by atoms with Gasteiger partial charge in [0.25, 0.3) is 5.91 Å². The van der Waals surface area contributed by atoms with E-state index in [-0.39, 0.29) is 11.8 Å². The largest absolute Gasteiger partial charge is 0.493 e. The van der Waals surface area contributed by atoms with Crippen LogP contribution in [-0.2, 0) is 19.3 Å². The Morgan fingerprint density at radius 3 is 2.93 bits per heavy atom. The van der Waals surface area contributed by atoms with Crippen LogP contribution in [0.15, 0.2) is 30.3 Å². The number of fused-ring (bicyclic) bond motifs is 1. The number of ether oxygens (including phenoxy) is 1. The molecule has 5 rings (SSSR count). The fraction of sp³-hybridized carbons (Fsp3) is 0.409. The predicted octanol–water partition coefficient (Wildman–Crippen LogP) is 3.53. The van der Waals surface area contributed by atoms with Gasteiger partial charge in [0.2, 0.25) is 0 Å². The van der Waals surface area contributed by atoms with Crippen molar-refractivity contribution in [3.8, 4) is 5.75 Å². The van der Waals surface area contributed by atoms with Gasteiger partial charge in [-0.05, 0) is 56.0 Å². The molecule has 1 fully saturated rings. The van der Waals surface area contributed by atoms with Crippen molar-refractivity contribution in [3.63, 3.8) is 0 Å². The van der Waals surface area contributed by atoms with Gasteiger partial charge in [-0.2, -0.15) is 10.2 Å². The van der Waals surface area contributed by atoms with E-state index < -0.39 is 0 Å². The number of likely N-dealkylation sites (tertiary alicyclic amines) is 1. The Balaban J connectivity index is 1.16. The highest BCUT2D eigenvalue weighted by atomic mass is 35.5. The lowest BCUT2D eigenvalue weighted by atomic mass is 10.0. The van der Waals surface area contributed by atoms with Gasteiger partial charge in [-0.25, -0.2) is 0 Å². The molecule has 1 aliphatic heterocycles. The first kappa shape index (κ1) is 19.2. The summed E-state index contributed by atoms with van der Waals surface area (Å²) in [5.74, 6) is 1.10. The molecule has 156 valence electrons. The lowest BCUT2D eigenvalue weighted by Gasteiger charge is -2.15. The third-order valence-electron chi connectivity index (χ3n) is 6.01. The van der Waals surface area contributed by atoms with Crippen molar-refractivity contribution >= 4 is 17.5 Å². The minimum Gasteiger partial charge on any atom is -0.493 e. The van der Waals surface area contributed by atoms with Crippen molar-refractivity contribution in [1.82, 2.24) is 25.3 Å². The van der Waals surface area contributed by atoms with Gasteiger partial charge < -0.3 is 9.64 Å². The van der Waals surface area contributed by atoms with Crippen LogP contribution in [0.25, 0.3) is 0 Å². The zero-order valence-corrected chi connectivity index (χ0v) is 17.4. The molecule has 0 spiro atoms. The van der Waals surface area contributed by atoms with E-state index in [1.807, 2.05) is 29.2 Å². The number of halogens is 1. The maximum atomic E-state index is 12.9. The van der Waals surface area contributed by atoms with Crippen LogP contribution in [0.4, 0.5) is 0 Å². The van der Waals surface area contributed by atoms with Crippen molar-refractivity contribution in [2.75, 3.05) is 19.7 Å². The van der Waals surface area contributed by atoms with Crippen molar-refractivity contribution in [2.45, 2.75) is 38.0 Å². The number of aryl methyl sites for hydroxylation is 1. The molecule has 1 amide bonds. The second-order valence-corrected chi connectivity index (χ2v) is 8.43. The van der Waals surface area contributed by atoms with Gasteiger partial charge in [0, 0.05) is 47.4 Å². The lowest BCUT2D eigenvalue weighted by Crippen LogP contribution is -2.29. The fourth-order valence-electron chi connectivity index (χ4n) is 4.36. The number of rotatable bonds is 6. The monoisotopic (exact) mass is 425 g/mol. The Morgan fingerprint density at radius 1 is 1.20 bits per heavy atom. The predicted molar refractivity (Wildman–Crippen MR) is 113 cm³/mol. The molecule has 1 atom stereocenters. The molecule has 0 saturated carbocycles. The van der Waals surface area contributed by atoms with Crippen LogP contribution in [0, 0.1) is 0 Å². The van der Waals surface area contributed by atoms with E-state index in [1.165, 1.54) is 0 Å². The molecule has 30 heavy (non-hydrogen) atoms. The number of carbonyl (C=O) groups excluding carboxylic acids is 1. The standard InChI is InChI=1S/C22H24ClN5O2/c23-15-4-6-17(7-5-15)30-11-9-16-12-20(26-24-16)14-8-10-28(13-14)22(29)21-18-2-1-3-19(18)25-27-21/h4-7,12,14H,1-3,8-11,13H2,(H,24,26)(H,25,27)/t14-/m0/s1. The molecule has 1 aliphatic carbocycles. The number of nitrogens with zero attached hydrogens (tertiary/aromatic N) is 3. The maximum Gasteiger partial charge on any atom is 0.274 e. The van der Waals surface area contributed by atoms with Crippen LogP contribution in [0.5, 0.6) is 5.75 Å². The van der Waals surface area contributed by atoms with Crippen LogP contribution < -0.4 is 4.74 Å². The number of hydrogen-bond donors (Lipinski definition) is 2. The highest BCUT2D eigenvalue weighted by Gasteiger charge is 2.33. The van der Waals surface area contributed by atoms with Gasteiger partial charge in [-0.3, -0.25) is 15.0 Å². The van der Waals surface area contributed by atoms with Crippen LogP contribution in [-0.4, -0.2) is 50.9 Å². The Hall–Kier alpha value is -2.80. The highest BCUT2D eigenvalue weighted by Crippen LogP contribution is 2.29. The summed E-state index contributed by atoms with van der Waals surface area (Å²) in [6, 6.07) is 9.44. The molecule has 1 saturated heterocycles. The minimum absolute atomic E-state index is 0.0454. The number of aromatic amines is 2. The van der Waals surface area contributed by atoms with Crippen molar-refractivity contribution in [1.29, 1.82) is 0 Å². The van der Waals surface area contributed by atoms with E-state index in [2.05, 4.69) is 26.5 Å². The Labute approximate surface area is 179 Å². The molecule has 0 radical (unpaired) electrons. The van der Waals surface area contributed by atoms with E-state index in [0.717, 1.165) is 67.0 Å². The van der Waals surface area contributed by atoms with Gasteiger partial charge in [-0.15, -0.1) is 0 Å². The first-order chi connectivity index (χ1) is 14.7. The number of amides is 1. The van der Waals surface area contributed by atoms with E-state index in [1.54, 1.807) is 0 Å². The van der Waals surface area contributed by atoms with Gasteiger partial charge in [0.05, 0.1) is 12.3 Å². The molecule has 7 nitrogen and oxygen atoms in total. The fourth-order valence-corrected chi connectivity index (χ4v) is 4.48. The zero-order chi connectivity index (χ0) is 20.5. The smallest absolute Gasteiger partial charge is 0.274 e. The minimum atomic E-state index is 0.0454. The molecular weight excluding hydrogens is 402 g/mol. The number of aromatic nitrogens is 4. The molecule has 0 bridgehead atoms. The third kappa shape index (κ3) is 3.81. The highest BCUT2D eigenvalue weighted by molar-refractivity contribution is 6.30. The zero-order valence-electron chi connectivity index (χ0n) is 16.7. The third-order valence-corrected chi connectivity index (χ3v) is 6.26. The SMILES string of the molecule is O=C(c1n[nH]c2c1CCC2)N1CC[C@H](c2cc(CCOc3ccc(Cl)cc3)[nH]n2)C1. The van der Waals surface area contributed by atoms with Crippen LogP contribution in [0.2, 0.25) is 5.02 Å². The summed E-state index contributed by atoms with van der Waals surface area (Å²) >= 11 is 5.89. The Bertz CT molecular complexity index is 1040. The number of nitrogens with one attached hydrogen (secondary N) is 2. The first-order valence-electron chi connectivity index (χ1n) is 10.5. The van der Waals surface area contributed by atoms with Gasteiger partial charge in [0.15, 0.2) is 5.69 Å². The summed E-state index contributed by atoms with van der Waals surface area (Å²) in [6.07, 6.45) is 4.71. The molecular formula is C22H24ClN5O2. The molecule has 2 aliphatic rings. The summed E-state index contributed by atoms with van der Waals surface area (Å²) < 4.78 is 5.76. The Morgan fingerprint density at radius 2 is 2.07 bits per heavy atom. The summed E-state index contributed by atoms with van der Waals surface area (Å²) in [6.45, 7) is 1.99. The normalized spacial score (nSPS) is 18.0. The van der Waals surface area contributed by atoms with Crippen LogP contribution in [0.3, 0.4) is 0 Å². The summed E-state index contributed by atoms with van der Waals surface area (Å²) in [5, 5.41) is 15.6. The van der Waals surface area contributed by atoms with Crippen molar-refractivity contribution < 1.29 is 9.53 Å². The average molecular weight is 426 g/mol. The molecule has 3 aromatic rings. The van der Waals surface area contributed by atoms with Gasteiger partial charge in [0.1, 0.15) is 5.75 Å². The number of carbonyl (C=O) groups is 1. The topological polar surface area (TPSA) is 86.9 Å². The molecule has 0 unspecified atom stereocenters. The quantitative estimate of drug-likeness (QED) is 0.632. The van der Waals surface area contributed by atoms with E-state index in [4.69, 9.17) is 16.3 Å². The van der Waals surface area contributed by atoms with E-state index in [0.29, 0.717) is 23.9 Å². The summed E-state index contributed by atoms with van der Waals surface area (Å²) in [4.78, 5) is 14.9. The molecule has 2 N–H and O–H groups in total. The molecule has 3 heterocycles. The van der Waals surface area contributed by atoms with Crippen LogP contribution in [0.1, 0.15) is 51.9 Å². The first-order valence-corrected chi connectivity index (χ1v) is 10.8. The lowest BCUT2D eigenvalue weighted by molar-refractivity contribution is 0.0783. The second kappa shape index (κ2) is 8.14. The van der Waals surface area contributed by atoms with Gasteiger partial charge in [-0.1, -0.05) is 11.6 Å². The average Bonchev–Trinajstić information content (AvgIpc) is 3.52. The van der Waals surface area contributed by atoms with Crippen molar-refractivity contribution in [2.24, 2.45) is 0 Å². The number of benzene rings is 1. The molecule has 2 aromatic heterocycles. The Kier molecular flexibility index (Phi) is 5.21. The van der Waals surface area contributed by atoms with Gasteiger partial charge >= 0.3 is 0 Å². The second-order valence-electron chi connectivity index (χ2n) is 7.99. The van der Waals surface area contributed by atoms with Crippen molar-refractivity contribution in [3.05, 3.63) is 63.7 Å². The molecule has 8 heteroatoms. The number of hydrogen-bond acceptors (Lipinski definition) is 4. The van der Waals surface area contributed by atoms with Crippen LogP contribution >= 0.6 is 11.6 Å².